The van der Waals surface area contributed by atoms with Crippen molar-refractivity contribution in [2.75, 3.05) is 19.6 Å². The summed E-state index contributed by atoms with van der Waals surface area (Å²) in [7, 11) is 0. The van der Waals surface area contributed by atoms with Crippen LogP contribution in [0.1, 0.15) is 46.5 Å². The van der Waals surface area contributed by atoms with Crippen molar-refractivity contribution < 1.29 is 14.3 Å². The molecule has 1 aliphatic heterocycles. The number of rotatable bonds is 5. The molecule has 2 fully saturated rings. The number of hydrogen-bond donors (Lipinski definition) is 2. The lowest BCUT2D eigenvalue weighted by Crippen LogP contribution is -2.53. The van der Waals surface area contributed by atoms with Gasteiger partial charge in [0.1, 0.15) is 5.60 Å². The number of likely N-dealkylation sites (tertiary alicyclic amines) is 1. The van der Waals surface area contributed by atoms with Gasteiger partial charge in [0.25, 0.3) is 0 Å². The van der Waals surface area contributed by atoms with E-state index in [9.17, 15) is 9.59 Å². The molecule has 2 atom stereocenters. The number of amides is 2. The Bertz CT molecular complexity index is 415. The second-order valence-electron chi connectivity index (χ2n) is 7.78. The third-order valence-corrected chi connectivity index (χ3v) is 4.08. The van der Waals surface area contributed by atoms with E-state index in [1.165, 1.54) is 19.3 Å². The number of alkyl carbamates (subject to hydrolysis) is 1. The van der Waals surface area contributed by atoms with Crippen molar-refractivity contribution in [2.45, 2.75) is 58.1 Å². The molecule has 1 heterocycles. The van der Waals surface area contributed by atoms with Gasteiger partial charge in [-0.2, -0.15) is 0 Å². The van der Waals surface area contributed by atoms with Crippen molar-refractivity contribution in [3.05, 3.63) is 0 Å². The highest BCUT2D eigenvalue weighted by atomic mass is 16.6. The predicted octanol–water partition coefficient (Wildman–Crippen LogP) is 1.49. The summed E-state index contributed by atoms with van der Waals surface area (Å²) in [5.74, 6) is 1.03. The quantitative estimate of drug-likeness (QED) is 0.805. The number of nitrogens with two attached hydrogens (primary N) is 1. The molecule has 126 valence electrons. The number of primary amides is 1. The number of nitrogens with one attached hydrogen (secondary N) is 1. The average molecular weight is 311 g/mol. The SMILES string of the molecule is CC(C)(C)OC(=O)NC1CC(CC2CC2)CN(CC(N)=O)C1. The zero-order valence-electron chi connectivity index (χ0n) is 13.9. The molecule has 0 bridgehead atoms. The molecule has 0 spiro atoms. The summed E-state index contributed by atoms with van der Waals surface area (Å²) in [6, 6.07) is 0.0201. The molecule has 3 N–H and O–H groups in total. The number of piperidine rings is 1. The maximum Gasteiger partial charge on any atom is 0.407 e. The van der Waals surface area contributed by atoms with E-state index < -0.39 is 5.60 Å². The molecule has 1 saturated carbocycles. The summed E-state index contributed by atoms with van der Waals surface area (Å²) >= 11 is 0. The average Bonchev–Trinajstić information content (AvgIpc) is 3.08. The van der Waals surface area contributed by atoms with Crippen molar-refractivity contribution in [3.63, 3.8) is 0 Å². The third kappa shape index (κ3) is 6.22. The monoisotopic (exact) mass is 311 g/mol. The van der Waals surface area contributed by atoms with E-state index in [0.717, 1.165) is 18.9 Å². The molecule has 0 aromatic rings. The Hall–Kier alpha value is -1.30. The van der Waals surface area contributed by atoms with E-state index in [2.05, 4.69) is 10.2 Å². The van der Waals surface area contributed by atoms with Gasteiger partial charge in [-0.05, 0) is 45.4 Å². The van der Waals surface area contributed by atoms with E-state index in [4.69, 9.17) is 10.5 Å². The number of hydrogen-bond acceptors (Lipinski definition) is 4. The Morgan fingerprint density at radius 3 is 2.45 bits per heavy atom. The standard InChI is InChI=1S/C16H29N3O3/c1-16(2,3)22-15(21)18-13-7-12(6-11-4-5-11)8-19(9-13)10-14(17)20/h11-13H,4-10H2,1-3H3,(H2,17,20)(H,18,21). The molecule has 1 aliphatic carbocycles. The third-order valence-electron chi connectivity index (χ3n) is 4.08. The van der Waals surface area contributed by atoms with E-state index in [1.54, 1.807) is 0 Å². The lowest BCUT2D eigenvalue weighted by molar-refractivity contribution is -0.119. The van der Waals surface area contributed by atoms with E-state index in [0.29, 0.717) is 12.5 Å². The normalized spacial score (nSPS) is 26.5. The number of carbonyl (C=O) groups is 2. The lowest BCUT2D eigenvalue weighted by Gasteiger charge is -2.37. The van der Waals surface area contributed by atoms with Crippen LogP contribution in [0.25, 0.3) is 0 Å². The fraction of sp³-hybridized carbons (Fsp3) is 0.875. The van der Waals surface area contributed by atoms with Gasteiger partial charge in [-0.3, -0.25) is 9.69 Å². The maximum atomic E-state index is 12.0. The Balaban J connectivity index is 1.89. The summed E-state index contributed by atoms with van der Waals surface area (Å²) in [4.78, 5) is 25.2. The predicted molar refractivity (Wildman–Crippen MR) is 84.2 cm³/mol. The first-order valence-electron chi connectivity index (χ1n) is 8.21. The summed E-state index contributed by atoms with van der Waals surface area (Å²) < 4.78 is 5.33. The van der Waals surface area contributed by atoms with Gasteiger partial charge in [0, 0.05) is 19.1 Å². The fourth-order valence-corrected chi connectivity index (χ4v) is 3.23. The second kappa shape index (κ2) is 6.86. The largest absolute Gasteiger partial charge is 0.444 e. The van der Waals surface area contributed by atoms with Crippen molar-refractivity contribution in [1.82, 2.24) is 10.2 Å². The Morgan fingerprint density at radius 1 is 1.23 bits per heavy atom. The molecular weight excluding hydrogens is 282 g/mol. The van der Waals surface area contributed by atoms with Crippen LogP contribution in [0.4, 0.5) is 4.79 Å². The summed E-state index contributed by atoms with van der Waals surface area (Å²) in [6.45, 7) is 7.36. The van der Waals surface area contributed by atoms with Gasteiger partial charge in [0.2, 0.25) is 5.91 Å². The van der Waals surface area contributed by atoms with Crippen molar-refractivity contribution in [1.29, 1.82) is 0 Å². The van der Waals surface area contributed by atoms with Crippen LogP contribution < -0.4 is 11.1 Å². The van der Waals surface area contributed by atoms with Crippen LogP contribution >= 0.6 is 0 Å². The molecule has 2 rings (SSSR count). The van der Waals surface area contributed by atoms with E-state index >= 15 is 0 Å². The second-order valence-corrected chi connectivity index (χ2v) is 7.78. The van der Waals surface area contributed by atoms with Crippen LogP contribution in [0.3, 0.4) is 0 Å². The van der Waals surface area contributed by atoms with Crippen molar-refractivity contribution in [2.24, 2.45) is 17.6 Å². The number of nitrogens with zero attached hydrogens (tertiary/aromatic N) is 1. The molecule has 0 radical (unpaired) electrons. The van der Waals surface area contributed by atoms with Crippen LogP contribution in [-0.4, -0.2) is 48.2 Å². The molecule has 0 aromatic heterocycles. The van der Waals surface area contributed by atoms with Gasteiger partial charge >= 0.3 is 6.09 Å². The molecule has 2 unspecified atom stereocenters. The number of ether oxygens (including phenoxy) is 1. The molecule has 1 saturated heterocycles. The Morgan fingerprint density at radius 2 is 1.91 bits per heavy atom. The van der Waals surface area contributed by atoms with E-state index in [-0.39, 0.29) is 24.6 Å². The zero-order valence-corrected chi connectivity index (χ0v) is 13.9. The molecular formula is C16H29N3O3. The maximum absolute atomic E-state index is 12.0. The summed E-state index contributed by atoms with van der Waals surface area (Å²) in [5, 5.41) is 2.95. The molecule has 22 heavy (non-hydrogen) atoms. The first kappa shape index (κ1) is 17.1. The highest BCUT2D eigenvalue weighted by Crippen LogP contribution is 2.37. The van der Waals surface area contributed by atoms with Crippen molar-refractivity contribution >= 4 is 12.0 Å². The van der Waals surface area contributed by atoms with Gasteiger partial charge in [0.05, 0.1) is 6.54 Å². The zero-order chi connectivity index (χ0) is 16.3. The summed E-state index contributed by atoms with van der Waals surface area (Å²) in [5.41, 5.74) is 4.82. The molecule has 0 aromatic carbocycles. The minimum atomic E-state index is -0.501. The lowest BCUT2D eigenvalue weighted by atomic mass is 9.89. The van der Waals surface area contributed by atoms with Gasteiger partial charge in [-0.25, -0.2) is 4.79 Å². The summed E-state index contributed by atoms with van der Waals surface area (Å²) in [6.07, 6.45) is 4.38. The molecule has 2 amide bonds. The minimum Gasteiger partial charge on any atom is -0.444 e. The van der Waals surface area contributed by atoms with Crippen molar-refractivity contribution in [3.8, 4) is 0 Å². The van der Waals surface area contributed by atoms with Crippen LogP contribution in [0, 0.1) is 11.8 Å². The van der Waals surface area contributed by atoms with Crippen LogP contribution in [0.5, 0.6) is 0 Å². The van der Waals surface area contributed by atoms with Gasteiger partial charge in [-0.1, -0.05) is 12.8 Å². The molecule has 2 aliphatic rings. The topological polar surface area (TPSA) is 84.7 Å². The minimum absolute atomic E-state index is 0.0201. The highest BCUT2D eigenvalue weighted by Gasteiger charge is 2.33. The van der Waals surface area contributed by atoms with Gasteiger partial charge in [0.15, 0.2) is 0 Å². The van der Waals surface area contributed by atoms with E-state index in [1.807, 2.05) is 20.8 Å². The van der Waals surface area contributed by atoms with Crippen LogP contribution in [0.2, 0.25) is 0 Å². The Kier molecular flexibility index (Phi) is 5.32. The van der Waals surface area contributed by atoms with Crippen LogP contribution in [0.15, 0.2) is 0 Å². The fourth-order valence-electron chi connectivity index (χ4n) is 3.23. The van der Waals surface area contributed by atoms with Crippen LogP contribution in [-0.2, 0) is 9.53 Å². The first-order chi connectivity index (χ1) is 10.2. The Labute approximate surface area is 132 Å². The van der Waals surface area contributed by atoms with Gasteiger partial charge < -0.3 is 15.8 Å². The highest BCUT2D eigenvalue weighted by molar-refractivity contribution is 5.76. The number of carbonyl (C=O) groups excluding carboxylic acids is 2. The molecule has 6 nitrogen and oxygen atoms in total. The smallest absolute Gasteiger partial charge is 0.407 e. The van der Waals surface area contributed by atoms with Gasteiger partial charge in [-0.15, -0.1) is 0 Å². The first-order valence-corrected chi connectivity index (χ1v) is 8.21. The molecule has 6 heteroatoms.